The molecular formula is C40H40F5N3O2. The molecule has 0 fully saturated rings. The third kappa shape index (κ3) is 8.84. The van der Waals surface area contributed by atoms with Crippen molar-refractivity contribution in [2.75, 3.05) is 26.2 Å². The molecule has 1 amide bonds. The van der Waals surface area contributed by atoms with Gasteiger partial charge >= 0.3 is 6.18 Å². The maximum absolute atomic E-state index is 14.2. The van der Waals surface area contributed by atoms with Crippen molar-refractivity contribution < 1.29 is 26.7 Å². The average molecular weight is 690 g/mol. The number of carbonyl (C=O) groups is 1. The highest BCUT2D eigenvalue weighted by Gasteiger charge is 2.30. The Kier molecular flexibility index (Phi) is 11.8. The van der Waals surface area contributed by atoms with E-state index in [1.807, 2.05) is 30.3 Å². The largest absolute Gasteiger partial charge is 0.416 e. The van der Waals surface area contributed by atoms with Crippen LogP contribution in [0.1, 0.15) is 42.5 Å². The SMILES string of the molecule is CCN(CC)CCN(Cc1ccc(-c2ccc(C(F)(F)F)cc2)cc1)C(=O)Cn1cc(CCCc2cccc(F)c2F)c(=O)c2ccccc21. The van der Waals surface area contributed by atoms with Gasteiger partial charge in [-0.1, -0.05) is 74.5 Å². The van der Waals surface area contributed by atoms with Crippen molar-refractivity contribution >= 4 is 16.8 Å². The standard InChI is InChI=1S/C40H40F5N3O2/c1-3-46(4-2)23-24-47(25-28-15-17-29(18-16-28)30-19-21-33(22-20-30)40(43,44)45)37(49)27-48-26-32(39(50)34-12-5-6-14-36(34)48)11-7-9-31-10-8-13-35(41)38(31)42/h5-6,8,10,12-22,26H,3-4,7,9,11,23-25,27H2,1-2H3. The van der Waals surface area contributed by atoms with Gasteiger partial charge in [-0.3, -0.25) is 9.59 Å². The van der Waals surface area contributed by atoms with Crippen LogP contribution in [0.15, 0.2) is 102 Å². The summed E-state index contributed by atoms with van der Waals surface area (Å²) in [5.74, 6) is -1.94. The van der Waals surface area contributed by atoms with Crippen LogP contribution in [0.2, 0.25) is 0 Å². The summed E-state index contributed by atoms with van der Waals surface area (Å²) >= 11 is 0. The molecule has 50 heavy (non-hydrogen) atoms. The zero-order valence-electron chi connectivity index (χ0n) is 28.1. The Morgan fingerprint density at radius 1 is 0.760 bits per heavy atom. The van der Waals surface area contributed by atoms with Gasteiger partial charge in [0.1, 0.15) is 6.54 Å². The highest BCUT2D eigenvalue weighted by molar-refractivity contribution is 5.83. The number of alkyl halides is 3. The number of nitrogens with zero attached hydrogens (tertiary/aromatic N) is 3. The minimum Gasteiger partial charge on any atom is -0.338 e. The first kappa shape index (κ1) is 36.5. The number of hydrogen-bond donors (Lipinski definition) is 0. The van der Waals surface area contributed by atoms with Gasteiger partial charge in [-0.05, 0) is 84.9 Å². The van der Waals surface area contributed by atoms with E-state index in [9.17, 15) is 31.5 Å². The summed E-state index contributed by atoms with van der Waals surface area (Å²) in [6, 6.07) is 23.6. The van der Waals surface area contributed by atoms with Crippen LogP contribution in [0.3, 0.4) is 0 Å². The second-order valence-corrected chi connectivity index (χ2v) is 12.3. The molecule has 0 aliphatic heterocycles. The fraction of sp³-hybridized carbons (Fsp3) is 0.300. The summed E-state index contributed by atoms with van der Waals surface area (Å²) in [5, 5.41) is 0.475. The van der Waals surface area contributed by atoms with Gasteiger partial charge in [0.05, 0.1) is 11.1 Å². The predicted octanol–water partition coefficient (Wildman–Crippen LogP) is 8.51. The number of carbonyl (C=O) groups excluding carboxylic acids is 1. The molecule has 0 N–H and O–H groups in total. The Bertz CT molecular complexity index is 1970. The van der Waals surface area contributed by atoms with E-state index in [0.29, 0.717) is 54.5 Å². The fourth-order valence-electron chi connectivity index (χ4n) is 6.14. The van der Waals surface area contributed by atoms with Gasteiger partial charge in [0.2, 0.25) is 5.91 Å². The topological polar surface area (TPSA) is 45.5 Å². The summed E-state index contributed by atoms with van der Waals surface area (Å²) in [6.07, 6.45) is -1.71. The van der Waals surface area contributed by atoms with E-state index in [1.165, 1.54) is 24.3 Å². The molecule has 0 radical (unpaired) electrons. The number of likely N-dealkylation sites (N-methyl/N-ethyl adjacent to an activating group) is 1. The van der Waals surface area contributed by atoms with Crippen molar-refractivity contribution in [3.8, 4) is 11.1 Å². The van der Waals surface area contributed by atoms with Crippen LogP contribution < -0.4 is 5.43 Å². The van der Waals surface area contributed by atoms with E-state index in [1.54, 1.807) is 33.9 Å². The van der Waals surface area contributed by atoms with E-state index in [-0.39, 0.29) is 29.9 Å². The number of aryl methyl sites for hydroxylation is 2. The number of amides is 1. The first-order valence-electron chi connectivity index (χ1n) is 16.8. The van der Waals surface area contributed by atoms with Gasteiger partial charge in [0.25, 0.3) is 0 Å². The third-order valence-corrected chi connectivity index (χ3v) is 9.10. The van der Waals surface area contributed by atoms with Crippen molar-refractivity contribution in [2.45, 2.75) is 52.4 Å². The third-order valence-electron chi connectivity index (χ3n) is 9.10. The molecule has 0 saturated carbocycles. The lowest BCUT2D eigenvalue weighted by Crippen LogP contribution is -2.40. The molecule has 5 rings (SSSR count). The van der Waals surface area contributed by atoms with Crippen LogP contribution in [0.5, 0.6) is 0 Å². The molecule has 5 nitrogen and oxygen atoms in total. The summed E-state index contributed by atoms with van der Waals surface area (Å²) < 4.78 is 68.8. The highest BCUT2D eigenvalue weighted by Crippen LogP contribution is 2.31. The van der Waals surface area contributed by atoms with Crippen molar-refractivity contribution in [3.63, 3.8) is 0 Å². The first-order valence-corrected chi connectivity index (χ1v) is 16.8. The Morgan fingerprint density at radius 2 is 1.40 bits per heavy atom. The zero-order chi connectivity index (χ0) is 35.8. The molecule has 0 atom stereocenters. The second-order valence-electron chi connectivity index (χ2n) is 12.3. The van der Waals surface area contributed by atoms with Crippen LogP contribution in [0.4, 0.5) is 22.0 Å². The lowest BCUT2D eigenvalue weighted by Gasteiger charge is -2.27. The molecule has 10 heteroatoms. The summed E-state index contributed by atoms with van der Waals surface area (Å²) in [4.78, 5) is 31.5. The summed E-state index contributed by atoms with van der Waals surface area (Å²) in [6.45, 7) is 7.20. The van der Waals surface area contributed by atoms with E-state index < -0.39 is 23.4 Å². The first-order chi connectivity index (χ1) is 24.0. The lowest BCUT2D eigenvalue weighted by molar-refractivity contribution is -0.137. The maximum Gasteiger partial charge on any atom is 0.416 e. The van der Waals surface area contributed by atoms with E-state index in [0.717, 1.165) is 42.4 Å². The minimum absolute atomic E-state index is 0.0196. The molecule has 1 heterocycles. The van der Waals surface area contributed by atoms with Crippen molar-refractivity contribution in [3.05, 3.63) is 141 Å². The maximum atomic E-state index is 14.2. The zero-order valence-corrected chi connectivity index (χ0v) is 28.1. The summed E-state index contributed by atoms with van der Waals surface area (Å²) in [5.41, 5.74) is 2.77. The molecule has 0 aliphatic rings. The minimum atomic E-state index is -4.41. The smallest absolute Gasteiger partial charge is 0.338 e. The molecular weight excluding hydrogens is 649 g/mol. The van der Waals surface area contributed by atoms with Crippen LogP contribution in [0, 0.1) is 11.6 Å². The molecule has 0 spiro atoms. The Labute approximate surface area is 288 Å². The second kappa shape index (κ2) is 16.3. The van der Waals surface area contributed by atoms with Crippen LogP contribution in [-0.4, -0.2) is 46.5 Å². The molecule has 262 valence electrons. The molecule has 0 aliphatic carbocycles. The average Bonchev–Trinajstić information content (AvgIpc) is 3.11. The molecule has 0 saturated heterocycles. The molecule has 4 aromatic carbocycles. The number of fused-ring (bicyclic) bond motifs is 1. The highest BCUT2D eigenvalue weighted by atomic mass is 19.4. The van der Waals surface area contributed by atoms with Gasteiger partial charge in [-0.25, -0.2) is 8.78 Å². The van der Waals surface area contributed by atoms with Gasteiger partial charge in [-0.2, -0.15) is 13.2 Å². The number of hydrogen-bond acceptors (Lipinski definition) is 3. The fourth-order valence-corrected chi connectivity index (χ4v) is 6.14. The monoisotopic (exact) mass is 689 g/mol. The predicted molar refractivity (Wildman–Crippen MR) is 187 cm³/mol. The van der Waals surface area contributed by atoms with Gasteiger partial charge in [-0.15, -0.1) is 0 Å². The molecule has 0 bridgehead atoms. The van der Waals surface area contributed by atoms with Gasteiger partial charge in [0.15, 0.2) is 17.1 Å². The van der Waals surface area contributed by atoms with E-state index >= 15 is 0 Å². The van der Waals surface area contributed by atoms with E-state index in [2.05, 4.69) is 18.7 Å². The number of halogens is 5. The number of aromatic nitrogens is 1. The van der Waals surface area contributed by atoms with Gasteiger partial charge in [0, 0.05) is 36.8 Å². The number of benzene rings is 4. The number of pyridine rings is 1. The van der Waals surface area contributed by atoms with Gasteiger partial charge < -0.3 is 14.4 Å². The molecule has 1 aromatic heterocycles. The van der Waals surface area contributed by atoms with E-state index in [4.69, 9.17) is 0 Å². The lowest BCUT2D eigenvalue weighted by atomic mass is 10.0. The Morgan fingerprint density at radius 3 is 2.06 bits per heavy atom. The van der Waals surface area contributed by atoms with Crippen molar-refractivity contribution in [1.82, 2.24) is 14.4 Å². The van der Waals surface area contributed by atoms with Crippen LogP contribution in [-0.2, 0) is 36.9 Å². The quantitative estimate of drug-likeness (QED) is 0.110. The van der Waals surface area contributed by atoms with Crippen LogP contribution in [0.25, 0.3) is 22.0 Å². The number of rotatable bonds is 14. The summed E-state index contributed by atoms with van der Waals surface area (Å²) in [7, 11) is 0. The Hall–Kier alpha value is -4.83. The van der Waals surface area contributed by atoms with Crippen molar-refractivity contribution in [1.29, 1.82) is 0 Å². The van der Waals surface area contributed by atoms with Crippen LogP contribution >= 0.6 is 0 Å². The Balaban J connectivity index is 1.36. The normalized spacial score (nSPS) is 11.8. The van der Waals surface area contributed by atoms with Crippen molar-refractivity contribution in [2.24, 2.45) is 0 Å². The molecule has 5 aromatic rings. The number of para-hydroxylation sites is 1. The molecule has 0 unspecified atom stereocenters.